The molecule has 0 aliphatic carbocycles. The number of amides is 2. The molecule has 2 saturated heterocycles. The van der Waals surface area contributed by atoms with Gasteiger partial charge < -0.3 is 9.80 Å². The van der Waals surface area contributed by atoms with Crippen LogP contribution in [0.3, 0.4) is 0 Å². The molecular formula is C22H26ClN3O4S. The second kappa shape index (κ2) is 8.41. The molecule has 2 aromatic rings. The van der Waals surface area contributed by atoms with Crippen LogP contribution in [0.5, 0.6) is 0 Å². The van der Waals surface area contributed by atoms with Crippen LogP contribution in [0.1, 0.15) is 26.2 Å². The van der Waals surface area contributed by atoms with Gasteiger partial charge in [-0.2, -0.15) is 4.31 Å². The summed E-state index contributed by atoms with van der Waals surface area (Å²) < 4.78 is 27.6. The van der Waals surface area contributed by atoms with E-state index in [2.05, 4.69) is 0 Å². The van der Waals surface area contributed by atoms with E-state index in [1.165, 1.54) is 18.0 Å². The van der Waals surface area contributed by atoms with Crippen LogP contribution in [0.25, 0.3) is 10.8 Å². The van der Waals surface area contributed by atoms with Crippen molar-refractivity contribution < 1.29 is 18.0 Å². The molecule has 0 unspecified atom stereocenters. The lowest BCUT2D eigenvalue weighted by Crippen LogP contribution is -2.50. The van der Waals surface area contributed by atoms with E-state index in [1.807, 2.05) is 0 Å². The van der Waals surface area contributed by atoms with Gasteiger partial charge in [-0.15, -0.1) is 0 Å². The first-order valence-corrected chi connectivity index (χ1v) is 12.3. The highest BCUT2D eigenvalue weighted by atomic mass is 35.5. The third-order valence-corrected chi connectivity index (χ3v) is 8.44. The Bertz CT molecular complexity index is 1130. The van der Waals surface area contributed by atoms with Crippen LogP contribution in [0.15, 0.2) is 41.3 Å². The zero-order chi connectivity index (χ0) is 22.3. The first kappa shape index (κ1) is 22.0. The van der Waals surface area contributed by atoms with E-state index in [0.29, 0.717) is 18.0 Å². The van der Waals surface area contributed by atoms with Gasteiger partial charge in [-0.25, -0.2) is 8.42 Å². The lowest BCUT2D eigenvalue weighted by Gasteiger charge is -2.29. The number of hydrogen-bond acceptors (Lipinski definition) is 4. The fraction of sp³-hybridized carbons (Fsp3) is 0.455. The van der Waals surface area contributed by atoms with E-state index in [1.54, 1.807) is 42.2 Å². The summed E-state index contributed by atoms with van der Waals surface area (Å²) in [4.78, 5) is 29.2. The predicted molar refractivity (Wildman–Crippen MR) is 119 cm³/mol. The van der Waals surface area contributed by atoms with E-state index in [9.17, 15) is 18.0 Å². The van der Waals surface area contributed by atoms with Gasteiger partial charge in [-0.3, -0.25) is 9.59 Å². The van der Waals surface area contributed by atoms with E-state index < -0.39 is 22.1 Å². The molecule has 2 aromatic carbocycles. The summed E-state index contributed by atoms with van der Waals surface area (Å²) in [5.41, 5.74) is 0. The minimum absolute atomic E-state index is 0.0646. The van der Waals surface area contributed by atoms with E-state index >= 15 is 0 Å². The van der Waals surface area contributed by atoms with Gasteiger partial charge in [0.2, 0.25) is 21.8 Å². The van der Waals surface area contributed by atoms with Crippen molar-refractivity contribution in [2.45, 2.75) is 43.2 Å². The summed E-state index contributed by atoms with van der Waals surface area (Å²) >= 11 is 6.01. The van der Waals surface area contributed by atoms with Crippen LogP contribution in [-0.4, -0.2) is 73.1 Å². The molecule has 31 heavy (non-hydrogen) atoms. The predicted octanol–water partition coefficient (Wildman–Crippen LogP) is 2.73. The molecule has 0 bridgehead atoms. The molecule has 4 rings (SSSR count). The number of fused-ring (bicyclic) bond motifs is 1. The summed E-state index contributed by atoms with van der Waals surface area (Å²) in [6.07, 6.45) is 2.32. The number of halogens is 1. The third-order valence-electron chi connectivity index (χ3n) is 6.34. The molecule has 0 N–H and O–H groups in total. The van der Waals surface area contributed by atoms with Crippen LogP contribution in [0, 0.1) is 0 Å². The van der Waals surface area contributed by atoms with Crippen molar-refractivity contribution in [3.63, 3.8) is 0 Å². The molecule has 9 heteroatoms. The SMILES string of the molecule is C[C@H](C(=O)N1CCCC1)N1CC[C@@H](N(C)S(=O)(=O)c2ccc3cc(Cl)ccc3c2)C1=O. The van der Waals surface area contributed by atoms with Gasteiger partial charge in [-0.1, -0.05) is 23.7 Å². The Morgan fingerprint density at radius 3 is 2.45 bits per heavy atom. The molecule has 2 amide bonds. The summed E-state index contributed by atoms with van der Waals surface area (Å²) in [7, 11) is -2.45. The van der Waals surface area contributed by atoms with Crippen molar-refractivity contribution >= 4 is 44.2 Å². The van der Waals surface area contributed by atoms with Crippen LogP contribution < -0.4 is 0 Å². The van der Waals surface area contributed by atoms with Crippen molar-refractivity contribution in [2.24, 2.45) is 0 Å². The van der Waals surface area contributed by atoms with Gasteiger partial charge in [0.15, 0.2) is 0 Å². The van der Waals surface area contributed by atoms with Crippen LogP contribution in [0.2, 0.25) is 5.02 Å². The van der Waals surface area contributed by atoms with Gasteiger partial charge in [0, 0.05) is 31.7 Å². The highest BCUT2D eigenvalue weighted by Crippen LogP contribution is 2.28. The smallest absolute Gasteiger partial charge is 0.245 e. The zero-order valence-corrected chi connectivity index (χ0v) is 19.2. The number of hydrogen-bond donors (Lipinski definition) is 0. The van der Waals surface area contributed by atoms with Crippen LogP contribution >= 0.6 is 11.6 Å². The monoisotopic (exact) mass is 463 g/mol. The standard InChI is InChI=1S/C22H26ClN3O4S/c1-15(21(27)25-10-3-4-11-25)26-12-9-20(22(26)28)24(2)31(29,30)19-8-6-16-13-18(23)7-5-17(16)14-19/h5-8,13-15,20H,3-4,9-12H2,1-2H3/t15-,20-/m1/s1. The average Bonchev–Trinajstić information content (AvgIpc) is 3.41. The molecule has 166 valence electrons. The van der Waals surface area contributed by atoms with Crippen molar-refractivity contribution in [3.8, 4) is 0 Å². The summed E-state index contributed by atoms with van der Waals surface area (Å²) in [5.74, 6) is -0.385. The number of rotatable bonds is 5. The zero-order valence-electron chi connectivity index (χ0n) is 17.6. The number of carbonyl (C=O) groups is 2. The molecule has 2 aliphatic heterocycles. The Balaban J connectivity index is 1.53. The summed E-state index contributed by atoms with van der Waals surface area (Å²) in [6.45, 7) is 3.52. The molecule has 2 aliphatic rings. The second-order valence-corrected chi connectivity index (χ2v) is 10.7. The molecule has 2 atom stereocenters. The van der Waals surface area contributed by atoms with Crippen LogP contribution in [0.4, 0.5) is 0 Å². The minimum atomic E-state index is -3.88. The first-order chi connectivity index (χ1) is 14.7. The maximum atomic E-state index is 13.2. The van der Waals surface area contributed by atoms with E-state index in [4.69, 9.17) is 11.6 Å². The highest BCUT2D eigenvalue weighted by molar-refractivity contribution is 7.89. The number of likely N-dealkylation sites (tertiary alicyclic amines) is 2. The van der Waals surface area contributed by atoms with Crippen LogP contribution in [-0.2, 0) is 19.6 Å². The number of sulfonamides is 1. The molecule has 0 radical (unpaired) electrons. The van der Waals surface area contributed by atoms with Gasteiger partial charge in [0.05, 0.1) is 4.90 Å². The number of likely N-dealkylation sites (N-methyl/N-ethyl adjacent to an activating group) is 1. The van der Waals surface area contributed by atoms with Gasteiger partial charge >= 0.3 is 0 Å². The topological polar surface area (TPSA) is 78.0 Å². The number of benzene rings is 2. The molecule has 2 fully saturated rings. The molecular weight excluding hydrogens is 438 g/mol. The maximum Gasteiger partial charge on any atom is 0.245 e. The van der Waals surface area contributed by atoms with E-state index in [0.717, 1.165) is 41.0 Å². The van der Waals surface area contributed by atoms with Crippen molar-refractivity contribution in [1.82, 2.24) is 14.1 Å². The Kier molecular flexibility index (Phi) is 5.98. The largest absolute Gasteiger partial charge is 0.341 e. The van der Waals surface area contributed by atoms with Crippen molar-refractivity contribution in [3.05, 3.63) is 41.4 Å². The molecule has 0 spiro atoms. The molecule has 0 aromatic heterocycles. The summed E-state index contributed by atoms with van der Waals surface area (Å²) in [5, 5.41) is 2.17. The minimum Gasteiger partial charge on any atom is -0.341 e. The number of nitrogens with zero attached hydrogens (tertiary/aromatic N) is 3. The van der Waals surface area contributed by atoms with E-state index in [-0.39, 0.29) is 16.7 Å². The van der Waals surface area contributed by atoms with Crippen molar-refractivity contribution in [1.29, 1.82) is 0 Å². The highest BCUT2D eigenvalue weighted by Gasteiger charge is 2.43. The normalized spacial score (nSPS) is 20.8. The fourth-order valence-corrected chi connectivity index (χ4v) is 5.99. The second-order valence-electron chi connectivity index (χ2n) is 8.22. The number of carbonyl (C=O) groups excluding carboxylic acids is 2. The van der Waals surface area contributed by atoms with Gasteiger partial charge in [0.1, 0.15) is 12.1 Å². The maximum absolute atomic E-state index is 13.2. The quantitative estimate of drug-likeness (QED) is 0.683. The Hall–Kier alpha value is -2.16. The lowest BCUT2D eigenvalue weighted by atomic mass is 10.1. The Morgan fingerprint density at radius 1 is 1.10 bits per heavy atom. The van der Waals surface area contributed by atoms with Crippen molar-refractivity contribution in [2.75, 3.05) is 26.7 Å². The molecule has 2 heterocycles. The average molecular weight is 464 g/mol. The Labute approximate surface area is 187 Å². The first-order valence-electron chi connectivity index (χ1n) is 10.5. The molecule has 7 nitrogen and oxygen atoms in total. The third kappa shape index (κ3) is 4.04. The molecule has 0 saturated carbocycles. The summed E-state index contributed by atoms with van der Waals surface area (Å²) in [6, 6.07) is 8.67. The lowest BCUT2D eigenvalue weighted by molar-refractivity contribution is -0.143. The van der Waals surface area contributed by atoms with Gasteiger partial charge in [-0.05, 0) is 61.2 Å². The van der Waals surface area contributed by atoms with Gasteiger partial charge in [0.25, 0.3) is 0 Å². The Morgan fingerprint density at radius 2 is 1.74 bits per heavy atom. The fourth-order valence-electron chi connectivity index (χ4n) is 4.43.